The number of hydrogen-bond donors (Lipinski definition) is 1. The van der Waals surface area contributed by atoms with Crippen LogP contribution in [0.2, 0.25) is 0 Å². The van der Waals surface area contributed by atoms with Crippen molar-refractivity contribution in [1.82, 2.24) is 10.3 Å². The first kappa shape index (κ1) is 19.8. The Hall–Kier alpha value is -3.51. The van der Waals surface area contributed by atoms with Gasteiger partial charge >= 0.3 is 0 Å². The first-order valence-corrected chi connectivity index (χ1v) is 10.9. The van der Waals surface area contributed by atoms with Crippen molar-refractivity contribution in [3.05, 3.63) is 102 Å². The molecule has 0 aliphatic heterocycles. The van der Waals surface area contributed by atoms with Crippen molar-refractivity contribution in [3.63, 3.8) is 0 Å². The van der Waals surface area contributed by atoms with Crippen LogP contribution in [-0.4, -0.2) is 19.3 Å². The number of fused-ring (bicyclic) bond motifs is 1. The van der Waals surface area contributed by atoms with Gasteiger partial charge in [0.25, 0.3) is 5.91 Å². The highest BCUT2D eigenvalue weighted by Gasteiger charge is 2.19. The second-order valence-electron chi connectivity index (χ2n) is 7.03. The molecule has 0 aliphatic rings. The predicted octanol–water partition coefficient (Wildman–Crippen LogP) is 4.31. The van der Waals surface area contributed by atoms with E-state index in [0.717, 1.165) is 16.3 Å². The topological polar surface area (TPSA) is 76.1 Å². The number of amides is 1. The fraction of sp³-hybridized carbons (Fsp3) is 0.0833. The van der Waals surface area contributed by atoms with Gasteiger partial charge in [-0.2, -0.15) is 0 Å². The Morgan fingerprint density at radius 1 is 0.933 bits per heavy atom. The molecule has 3 aromatic carbocycles. The molecule has 4 rings (SSSR count). The van der Waals surface area contributed by atoms with Crippen LogP contribution in [0.15, 0.2) is 95.0 Å². The Morgan fingerprint density at radius 2 is 1.70 bits per heavy atom. The smallest absolute Gasteiger partial charge is 0.251 e. The van der Waals surface area contributed by atoms with Gasteiger partial charge in [-0.1, -0.05) is 36.4 Å². The zero-order valence-electron chi connectivity index (χ0n) is 16.4. The van der Waals surface area contributed by atoms with E-state index < -0.39 is 9.84 Å². The molecule has 150 valence electrons. The second-order valence-corrected chi connectivity index (χ2v) is 8.95. The molecule has 0 aliphatic carbocycles. The van der Waals surface area contributed by atoms with E-state index in [4.69, 9.17) is 0 Å². The third-order valence-electron chi connectivity index (χ3n) is 4.97. The van der Waals surface area contributed by atoms with Gasteiger partial charge in [0.1, 0.15) is 0 Å². The third-order valence-corrected chi connectivity index (χ3v) is 6.90. The average molecular weight is 417 g/mol. The summed E-state index contributed by atoms with van der Waals surface area (Å²) in [5.41, 5.74) is 2.07. The van der Waals surface area contributed by atoms with Crippen LogP contribution in [0.1, 0.15) is 21.5 Å². The number of carbonyl (C=O) groups is 1. The minimum atomic E-state index is -3.57. The zero-order valence-corrected chi connectivity index (χ0v) is 17.2. The summed E-state index contributed by atoms with van der Waals surface area (Å²) < 4.78 is 25.7. The van der Waals surface area contributed by atoms with Gasteiger partial charge in [-0.15, -0.1) is 0 Å². The van der Waals surface area contributed by atoms with Crippen molar-refractivity contribution in [1.29, 1.82) is 0 Å². The van der Waals surface area contributed by atoms with E-state index >= 15 is 0 Å². The normalized spacial score (nSPS) is 11.4. The molecular weight excluding hydrogens is 396 g/mol. The number of pyridine rings is 1. The molecule has 0 spiro atoms. The Labute approximate surface area is 175 Å². The van der Waals surface area contributed by atoms with Gasteiger partial charge in [0.15, 0.2) is 0 Å². The standard InChI is InChI=1S/C24H20N2O3S/c1-17-4-2-3-5-23(17)30(28,29)22-10-6-18(7-11-22)15-26-24(27)20-9-8-19-12-13-25-16-21(19)14-20/h2-14,16H,15H2,1H3,(H,26,27). The van der Waals surface area contributed by atoms with Crippen LogP contribution in [0.5, 0.6) is 0 Å². The van der Waals surface area contributed by atoms with Crippen LogP contribution in [0.4, 0.5) is 0 Å². The number of hydrogen-bond acceptors (Lipinski definition) is 4. The lowest BCUT2D eigenvalue weighted by Crippen LogP contribution is -2.22. The maximum Gasteiger partial charge on any atom is 0.251 e. The van der Waals surface area contributed by atoms with Gasteiger partial charge in [-0.25, -0.2) is 8.42 Å². The van der Waals surface area contributed by atoms with Crippen LogP contribution in [0.25, 0.3) is 10.8 Å². The number of aromatic nitrogens is 1. The van der Waals surface area contributed by atoms with Crippen molar-refractivity contribution in [2.24, 2.45) is 0 Å². The lowest BCUT2D eigenvalue weighted by molar-refractivity contribution is 0.0951. The molecule has 1 N–H and O–H groups in total. The van der Waals surface area contributed by atoms with Gasteiger partial charge in [0.2, 0.25) is 9.84 Å². The lowest BCUT2D eigenvalue weighted by atomic mass is 10.1. The van der Waals surface area contributed by atoms with Crippen LogP contribution < -0.4 is 5.32 Å². The number of sulfone groups is 1. The Balaban J connectivity index is 1.47. The highest BCUT2D eigenvalue weighted by molar-refractivity contribution is 7.91. The Morgan fingerprint density at radius 3 is 2.47 bits per heavy atom. The number of rotatable bonds is 5. The largest absolute Gasteiger partial charge is 0.348 e. The summed E-state index contributed by atoms with van der Waals surface area (Å²) in [6, 6.07) is 20.9. The molecule has 0 saturated carbocycles. The molecule has 0 unspecified atom stereocenters. The van der Waals surface area contributed by atoms with Gasteiger partial charge in [-0.05, 0) is 59.8 Å². The molecule has 1 aromatic heterocycles. The molecular formula is C24H20N2O3S. The molecule has 0 saturated heterocycles. The maximum absolute atomic E-state index is 12.8. The number of benzene rings is 3. The van der Waals surface area contributed by atoms with Crippen LogP contribution >= 0.6 is 0 Å². The minimum absolute atomic E-state index is 0.197. The summed E-state index contributed by atoms with van der Waals surface area (Å²) in [6.45, 7) is 2.08. The molecule has 0 bridgehead atoms. The molecule has 6 heteroatoms. The molecule has 5 nitrogen and oxygen atoms in total. The maximum atomic E-state index is 12.8. The minimum Gasteiger partial charge on any atom is -0.348 e. The molecule has 0 radical (unpaired) electrons. The Kier molecular flexibility index (Phi) is 5.33. The summed E-state index contributed by atoms with van der Waals surface area (Å²) in [6.07, 6.45) is 3.44. The second kappa shape index (κ2) is 8.08. The van der Waals surface area contributed by atoms with E-state index in [-0.39, 0.29) is 10.8 Å². The SMILES string of the molecule is Cc1ccccc1S(=O)(=O)c1ccc(CNC(=O)c2ccc3ccncc3c2)cc1. The molecule has 1 heterocycles. The number of aryl methyl sites for hydroxylation is 1. The molecule has 30 heavy (non-hydrogen) atoms. The number of nitrogens with zero attached hydrogens (tertiary/aromatic N) is 1. The molecule has 0 atom stereocenters. The highest BCUT2D eigenvalue weighted by Crippen LogP contribution is 2.24. The summed E-state index contributed by atoms with van der Waals surface area (Å²) in [5, 5.41) is 4.79. The van der Waals surface area contributed by atoms with E-state index in [0.29, 0.717) is 22.6 Å². The lowest BCUT2D eigenvalue weighted by Gasteiger charge is -2.09. The van der Waals surface area contributed by atoms with Crippen LogP contribution in [0.3, 0.4) is 0 Å². The average Bonchev–Trinajstić information content (AvgIpc) is 2.77. The van der Waals surface area contributed by atoms with Crippen molar-refractivity contribution >= 4 is 26.5 Å². The van der Waals surface area contributed by atoms with Gasteiger partial charge in [0, 0.05) is 29.9 Å². The summed E-state index contributed by atoms with van der Waals surface area (Å²) in [5.74, 6) is -0.197. The quantitative estimate of drug-likeness (QED) is 0.526. The third kappa shape index (κ3) is 3.95. The fourth-order valence-electron chi connectivity index (χ4n) is 3.28. The van der Waals surface area contributed by atoms with Gasteiger partial charge < -0.3 is 5.32 Å². The van der Waals surface area contributed by atoms with Crippen molar-refractivity contribution in [3.8, 4) is 0 Å². The van der Waals surface area contributed by atoms with E-state index in [1.165, 1.54) is 0 Å². The van der Waals surface area contributed by atoms with Crippen LogP contribution in [0, 0.1) is 6.92 Å². The molecule has 4 aromatic rings. The van der Waals surface area contributed by atoms with E-state index in [1.54, 1.807) is 73.9 Å². The van der Waals surface area contributed by atoms with E-state index in [1.807, 2.05) is 18.2 Å². The van der Waals surface area contributed by atoms with Crippen molar-refractivity contribution < 1.29 is 13.2 Å². The highest BCUT2D eigenvalue weighted by atomic mass is 32.2. The first-order chi connectivity index (χ1) is 14.4. The number of nitrogens with one attached hydrogen (secondary N) is 1. The monoisotopic (exact) mass is 416 g/mol. The Bertz CT molecular complexity index is 1330. The van der Waals surface area contributed by atoms with E-state index in [9.17, 15) is 13.2 Å². The fourth-order valence-corrected chi connectivity index (χ4v) is 4.78. The zero-order chi connectivity index (χ0) is 21.1. The van der Waals surface area contributed by atoms with E-state index in [2.05, 4.69) is 10.3 Å². The summed E-state index contributed by atoms with van der Waals surface area (Å²) in [7, 11) is -3.57. The molecule has 0 fully saturated rings. The first-order valence-electron chi connectivity index (χ1n) is 9.47. The summed E-state index contributed by atoms with van der Waals surface area (Å²) >= 11 is 0. The summed E-state index contributed by atoms with van der Waals surface area (Å²) in [4.78, 5) is 17.1. The molecule has 1 amide bonds. The van der Waals surface area contributed by atoms with Gasteiger partial charge in [-0.3, -0.25) is 9.78 Å². The van der Waals surface area contributed by atoms with Crippen LogP contribution in [-0.2, 0) is 16.4 Å². The predicted molar refractivity (Wildman–Crippen MR) is 116 cm³/mol. The number of carbonyl (C=O) groups excluding carboxylic acids is 1. The van der Waals surface area contributed by atoms with Crippen molar-refractivity contribution in [2.75, 3.05) is 0 Å². The van der Waals surface area contributed by atoms with Gasteiger partial charge in [0.05, 0.1) is 9.79 Å². The van der Waals surface area contributed by atoms with Crippen molar-refractivity contribution in [2.45, 2.75) is 23.3 Å².